The van der Waals surface area contributed by atoms with Crippen LogP contribution in [0, 0.1) is 0 Å². The summed E-state index contributed by atoms with van der Waals surface area (Å²) in [6.07, 6.45) is 3.72. The normalized spacial score (nSPS) is 27.0. The monoisotopic (exact) mass is 173 g/mol. The van der Waals surface area contributed by atoms with Crippen LogP contribution in [0.4, 0.5) is 0 Å². The van der Waals surface area contributed by atoms with Gasteiger partial charge in [-0.15, -0.1) is 0 Å². The van der Waals surface area contributed by atoms with Gasteiger partial charge in [-0.3, -0.25) is 0 Å². The van der Waals surface area contributed by atoms with Gasteiger partial charge in [0, 0.05) is 6.61 Å². The average molecular weight is 173 g/mol. The Morgan fingerprint density at radius 3 is 2.92 bits per heavy atom. The summed E-state index contributed by atoms with van der Waals surface area (Å²) in [6.45, 7) is 2.59. The molecule has 0 bridgehead atoms. The number of hydrogen-bond acceptors (Lipinski definition) is 2. The second-order valence-electron chi connectivity index (χ2n) is 3.13. The van der Waals surface area contributed by atoms with Crippen LogP contribution in [0.1, 0.15) is 32.6 Å². The van der Waals surface area contributed by atoms with E-state index in [1.54, 1.807) is 0 Å². The van der Waals surface area contributed by atoms with E-state index in [1.165, 1.54) is 0 Å². The van der Waals surface area contributed by atoms with Gasteiger partial charge in [0.1, 0.15) is 6.61 Å². The maximum Gasteiger partial charge on any atom is 0.158 e. The minimum Gasteiger partial charge on any atom is -0.353 e. The highest BCUT2D eigenvalue weighted by molar-refractivity contribution is 4.58. The molecule has 0 spiro atoms. The van der Waals surface area contributed by atoms with Crippen LogP contribution in [0.25, 0.3) is 0 Å². The van der Waals surface area contributed by atoms with E-state index < -0.39 is 0 Å². The highest BCUT2D eigenvalue weighted by Gasteiger charge is 2.18. The molecular formula is C9H17O3. The molecule has 1 heterocycles. The summed E-state index contributed by atoms with van der Waals surface area (Å²) in [5, 5.41) is 10.6. The summed E-state index contributed by atoms with van der Waals surface area (Å²) in [7, 11) is 0. The number of ether oxygens (including phenoxy) is 2. The predicted octanol–water partition coefficient (Wildman–Crippen LogP) is 1.74. The Kier molecular flexibility index (Phi) is 4.58. The smallest absolute Gasteiger partial charge is 0.158 e. The molecule has 3 nitrogen and oxygen atoms in total. The molecule has 1 fully saturated rings. The van der Waals surface area contributed by atoms with Gasteiger partial charge in [0.15, 0.2) is 6.29 Å². The molecule has 0 aromatic heterocycles. The molecule has 1 aliphatic heterocycles. The molecule has 12 heavy (non-hydrogen) atoms. The van der Waals surface area contributed by atoms with Crippen LogP contribution >= 0.6 is 0 Å². The van der Waals surface area contributed by atoms with Gasteiger partial charge >= 0.3 is 0 Å². The molecule has 1 saturated heterocycles. The van der Waals surface area contributed by atoms with Crippen molar-refractivity contribution in [3.8, 4) is 0 Å². The lowest BCUT2D eigenvalue weighted by molar-refractivity contribution is -0.198. The van der Waals surface area contributed by atoms with Crippen LogP contribution in [-0.4, -0.2) is 25.6 Å². The van der Waals surface area contributed by atoms with Crippen molar-refractivity contribution in [2.24, 2.45) is 0 Å². The van der Waals surface area contributed by atoms with E-state index in [1.807, 2.05) is 6.92 Å². The molecule has 2 unspecified atom stereocenters. The fraction of sp³-hybridized carbons (Fsp3) is 1.00. The number of hydrogen-bond donors (Lipinski definition) is 0. The molecule has 3 heteroatoms. The molecule has 1 rings (SSSR count). The molecule has 1 aliphatic rings. The zero-order chi connectivity index (χ0) is 8.81. The van der Waals surface area contributed by atoms with Crippen LogP contribution in [0.3, 0.4) is 0 Å². The van der Waals surface area contributed by atoms with Gasteiger partial charge in [-0.1, -0.05) is 6.92 Å². The van der Waals surface area contributed by atoms with Crippen LogP contribution < -0.4 is 0 Å². The minimum atomic E-state index is -0.159. The summed E-state index contributed by atoms with van der Waals surface area (Å²) < 4.78 is 10.8. The molecule has 0 aliphatic carbocycles. The fourth-order valence-electron chi connectivity index (χ4n) is 1.29. The Morgan fingerprint density at radius 2 is 2.42 bits per heavy atom. The van der Waals surface area contributed by atoms with Crippen LogP contribution in [-0.2, 0) is 14.6 Å². The van der Waals surface area contributed by atoms with Crippen LogP contribution in [0.2, 0.25) is 0 Å². The lowest BCUT2D eigenvalue weighted by Crippen LogP contribution is -2.29. The van der Waals surface area contributed by atoms with Crippen molar-refractivity contribution in [1.29, 1.82) is 0 Å². The van der Waals surface area contributed by atoms with E-state index in [0.29, 0.717) is 0 Å². The first-order chi connectivity index (χ1) is 5.86. The van der Waals surface area contributed by atoms with E-state index in [0.717, 1.165) is 32.3 Å². The summed E-state index contributed by atoms with van der Waals surface area (Å²) in [5.74, 6) is 0. The standard InChI is InChI=1S/C9H17O3/c1-2-8(7-10)12-9-5-3-4-6-11-9/h8-9H,2-7H2,1H3. The lowest BCUT2D eigenvalue weighted by Gasteiger charge is -2.25. The van der Waals surface area contributed by atoms with Gasteiger partial charge in [0.2, 0.25) is 0 Å². The Hall–Kier alpha value is -0.120. The molecule has 0 amide bonds. The Bertz CT molecular complexity index is 106. The quantitative estimate of drug-likeness (QED) is 0.649. The second-order valence-corrected chi connectivity index (χ2v) is 3.13. The summed E-state index contributed by atoms with van der Waals surface area (Å²) >= 11 is 0. The van der Waals surface area contributed by atoms with Crippen molar-refractivity contribution in [2.45, 2.75) is 45.0 Å². The van der Waals surface area contributed by atoms with Gasteiger partial charge in [-0.05, 0) is 25.7 Å². The second kappa shape index (κ2) is 5.51. The first kappa shape index (κ1) is 9.96. The van der Waals surface area contributed by atoms with Crippen molar-refractivity contribution in [1.82, 2.24) is 0 Å². The Morgan fingerprint density at radius 1 is 1.58 bits per heavy atom. The maximum atomic E-state index is 10.6. The van der Waals surface area contributed by atoms with Crippen LogP contribution in [0.15, 0.2) is 0 Å². The van der Waals surface area contributed by atoms with Crippen molar-refractivity contribution in [3.05, 3.63) is 0 Å². The van der Waals surface area contributed by atoms with Crippen molar-refractivity contribution in [2.75, 3.05) is 13.2 Å². The maximum absolute atomic E-state index is 10.6. The molecule has 0 saturated carbocycles. The molecule has 0 aromatic carbocycles. The molecule has 2 atom stereocenters. The molecule has 1 radical (unpaired) electrons. The van der Waals surface area contributed by atoms with E-state index in [-0.39, 0.29) is 19.0 Å². The highest BCUT2D eigenvalue weighted by Crippen LogP contribution is 2.16. The van der Waals surface area contributed by atoms with Gasteiger partial charge in [-0.2, -0.15) is 0 Å². The Labute approximate surface area is 73.7 Å². The zero-order valence-electron chi connectivity index (χ0n) is 7.62. The lowest BCUT2D eigenvalue weighted by atomic mass is 10.2. The predicted molar refractivity (Wildman–Crippen MR) is 44.3 cm³/mol. The molecule has 71 valence electrons. The SMILES string of the molecule is CCC(C[O])OC1CCCCO1. The van der Waals surface area contributed by atoms with Gasteiger partial charge < -0.3 is 9.47 Å². The first-order valence-corrected chi connectivity index (χ1v) is 4.72. The van der Waals surface area contributed by atoms with Crippen LogP contribution in [0.5, 0.6) is 0 Å². The zero-order valence-corrected chi connectivity index (χ0v) is 7.62. The van der Waals surface area contributed by atoms with E-state index in [4.69, 9.17) is 9.47 Å². The Balaban J connectivity index is 2.18. The third-order valence-electron chi connectivity index (χ3n) is 2.12. The summed E-state index contributed by atoms with van der Waals surface area (Å²) in [6, 6.07) is 0. The van der Waals surface area contributed by atoms with Crippen molar-refractivity contribution in [3.63, 3.8) is 0 Å². The van der Waals surface area contributed by atoms with Gasteiger partial charge in [-0.25, -0.2) is 5.11 Å². The van der Waals surface area contributed by atoms with Crippen molar-refractivity contribution < 1.29 is 14.6 Å². The van der Waals surface area contributed by atoms with Crippen molar-refractivity contribution >= 4 is 0 Å². The summed E-state index contributed by atoms with van der Waals surface area (Å²) in [5.41, 5.74) is 0. The largest absolute Gasteiger partial charge is 0.353 e. The highest BCUT2D eigenvalue weighted by atomic mass is 16.7. The fourth-order valence-corrected chi connectivity index (χ4v) is 1.29. The minimum absolute atomic E-state index is 0.113. The third kappa shape index (κ3) is 3.09. The first-order valence-electron chi connectivity index (χ1n) is 4.72. The molecule has 0 aromatic rings. The number of rotatable bonds is 4. The molecule has 0 N–H and O–H groups in total. The van der Waals surface area contributed by atoms with E-state index >= 15 is 0 Å². The van der Waals surface area contributed by atoms with Gasteiger partial charge in [0.05, 0.1) is 6.10 Å². The summed E-state index contributed by atoms with van der Waals surface area (Å²) in [4.78, 5) is 0. The van der Waals surface area contributed by atoms with Gasteiger partial charge in [0.25, 0.3) is 0 Å². The third-order valence-corrected chi connectivity index (χ3v) is 2.12. The topological polar surface area (TPSA) is 38.4 Å². The van der Waals surface area contributed by atoms with E-state index in [9.17, 15) is 5.11 Å². The molecular weight excluding hydrogens is 156 g/mol. The van der Waals surface area contributed by atoms with E-state index in [2.05, 4.69) is 0 Å². The average Bonchev–Trinajstić information content (AvgIpc) is 2.16.